The molecule has 2 aliphatic carbocycles. The highest BCUT2D eigenvalue weighted by Crippen LogP contribution is 2.46. The predicted octanol–water partition coefficient (Wildman–Crippen LogP) is 5.02. The number of hydrogen-bond acceptors (Lipinski definition) is 2. The first-order valence-electron chi connectivity index (χ1n) is 13.0. The molecular formula is C35H26N2. The van der Waals surface area contributed by atoms with Crippen molar-refractivity contribution in [1.29, 1.82) is 5.26 Å². The maximum atomic E-state index is 9.34. The lowest BCUT2D eigenvalue weighted by Crippen LogP contribution is -2.46. The van der Waals surface area contributed by atoms with Crippen LogP contribution >= 0.6 is 0 Å². The molecule has 0 fully saturated rings. The van der Waals surface area contributed by atoms with Crippen LogP contribution < -0.4 is 21.0 Å². The molecule has 0 N–H and O–H groups in total. The van der Waals surface area contributed by atoms with E-state index in [4.69, 9.17) is 4.99 Å². The van der Waals surface area contributed by atoms with Gasteiger partial charge in [-0.25, -0.2) is 0 Å². The van der Waals surface area contributed by atoms with E-state index in [0.29, 0.717) is 5.56 Å². The Labute approximate surface area is 216 Å². The van der Waals surface area contributed by atoms with Gasteiger partial charge in [0, 0.05) is 21.4 Å². The summed E-state index contributed by atoms with van der Waals surface area (Å²) in [5, 5.41) is 14.2. The van der Waals surface area contributed by atoms with E-state index >= 15 is 0 Å². The number of nitriles is 1. The highest BCUT2D eigenvalue weighted by molar-refractivity contribution is 5.84. The maximum Gasteiger partial charge on any atom is 0.0991 e. The fraction of sp³-hybridized carbons (Fsp3) is 0.143. The summed E-state index contributed by atoms with van der Waals surface area (Å²) in [5.74, 6) is 0. The highest BCUT2D eigenvalue weighted by Gasteiger charge is 2.38. The first-order chi connectivity index (χ1) is 18.2. The van der Waals surface area contributed by atoms with Crippen LogP contribution in [0.3, 0.4) is 0 Å². The summed E-state index contributed by atoms with van der Waals surface area (Å²) in [5.41, 5.74) is 9.03. The molecule has 4 aromatic rings. The average Bonchev–Trinajstić information content (AvgIpc) is 2.96. The molecule has 0 saturated heterocycles. The molecule has 1 heterocycles. The minimum Gasteiger partial charge on any atom is -0.251 e. The highest BCUT2D eigenvalue weighted by atomic mass is 14.8. The summed E-state index contributed by atoms with van der Waals surface area (Å²) in [6.45, 7) is 2.36. The number of rotatable bonds is 2. The molecular weight excluding hydrogens is 448 g/mol. The lowest BCUT2D eigenvalue weighted by Gasteiger charge is -2.37. The van der Waals surface area contributed by atoms with Gasteiger partial charge in [0.2, 0.25) is 0 Å². The van der Waals surface area contributed by atoms with E-state index in [1.54, 1.807) is 0 Å². The number of fused-ring (bicyclic) bond motifs is 5. The molecule has 37 heavy (non-hydrogen) atoms. The van der Waals surface area contributed by atoms with Crippen molar-refractivity contribution in [1.82, 2.24) is 0 Å². The van der Waals surface area contributed by atoms with E-state index in [9.17, 15) is 5.26 Å². The Morgan fingerprint density at radius 2 is 1.68 bits per heavy atom. The van der Waals surface area contributed by atoms with Crippen molar-refractivity contribution in [3.63, 3.8) is 0 Å². The standard InChI is InChI=1S/C35H26N2/c1-35-20-19-26-9-3-5-12-30(26)34(35)37-33-29-11-4-2-8-25(29)17-18-31(33)32(35)27-15-13-24(14-16-27)28-10-6-7-23(21-28)22-36/h3-7,9-19,21H,2,8,20H2,1H3. The van der Waals surface area contributed by atoms with Crippen LogP contribution in [0.5, 0.6) is 0 Å². The summed E-state index contributed by atoms with van der Waals surface area (Å²) in [6.07, 6.45) is 9.99. The summed E-state index contributed by atoms with van der Waals surface area (Å²) < 4.78 is 0. The van der Waals surface area contributed by atoms with Crippen LogP contribution in [-0.4, -0.2) is 0 Å². The van der Waals surface area contributed by atoms with Gasteiger partial charge in [-0.1, -0.05) is 91.0 Å². The average molecular weight is 475 g/mol. The van der Waals surface area contributed by atoms with Gasteiger partial charge >= 0.3 is 0 Å². The van der Waals surface area contributed by atoms with E-state index in [0.717, 1.165) is 35.7 Å². The van der Waals surface area contributed by atoms with Gasteiger partial charge in [-0.3, -0.25) is 4.99 Å². The van der Waals surface area contributed by atoms with E-state index in [1.807, 2.05) is 18.2 Å². The normalized spacial score (nSPS) is 18.9. The van der Waals surface area contributed by atoms with E-state index in [-0.39, 0.29) is 5.41 Å². The van der Waals surface area contributed by atoms with Crippen molar-refractivity contribution in [2.75, 3.05) is 0 Å². The minimum atomic E-state index is -0.226. The van der Waals surface area contributed by atoms with Gasteiger partial charge in [0.15, 0.2) is 0 Å². The topological polar surface area (TPSA) is 36.1 Å². The van der Waals surface area contributed by atoms with Crippen molar-refractivity contribution in [2.45, 2.75) is 26.2 Å². The summed E-state index contributed by atoms with van der Waals surface area (Å²) >= 11 is 0. The van der Waals surface area contributed by atoms with Gasteiger partial charge in [-0.05, 0) is 71.4 Å². The van der Waals surface area contributed by atoms with Crippen LogP contribution in [0.4, 0.5) is 0 Å². The number of benzene rings is 4. The molecule has 0 radical (unpaired) electrons. The Morgan fingerprint density at radius 1 is 0.838 bits per heavy atom. The second-order valence-corrected chi connectivity index (χ2v) is 10.4. The quantitative estimate of drug-likeness (QED) is 0.402. The minimum absolute atomic E-state index is 0.226. The lowest BCUT2D eigenvalue weighted by atomic mass is 9.68. The molecule has 0 bridgehead atoms. The molecule has 3 aliphatic rings. The number of nitrogens with zero attached hydrogens (tertiary/aromatic N) is 2. The zero-order valence-corrected chi connectivity index (χ0v) is 20.8. The van der Waals surface area contributed by atoms with E-state index in [1.165, 1.54) is 43.6 Å². The zero-order valence-electron chi connectivity index (χ0n) is 20.8. The van der Waals surface area contributed by atoms with Gasteiger partial charge < -0.3 is 0 Å². The molecule has 7 rings (SSSR count). The summed E-state index contributed by atoms with van der Waals surface area (Å²) in [7, 11) is 0. The molecule has 0 aromatic heterocycles. The van der Waals surface area contributed by atoms with Crippen LogP contribution in [-0.2, 0) is 6.42 Å². The molecule has 0 saturated carbocycles. The molecule has 0 amide bonds. The van der Waals surface area contributed by atoms with Crippen LogP contribution in [0.25, 0.3) is 34.5 Å². The van der Waals surface area contributed by atoms with Gasteiger partial charge in [0.25, 0.3) is 0 Å². The Kier molecular flexibility index (Phi) is 4.88. The van der Waals surface area contributed by atoms with Gasteiger partial charge in [0.05, 0.1) is 22.7 Å². The maximum absolute atomic E-state index is 9.34. The van der Waals surface area contributed by atoms with Gasteiger partial charge in [-0.2, -0.15) is 5.26 Å². The van der Waals surface area contributed by atoms with Crippen molar-refractivity contribution < 1.29 is 0 Å². The van der Waals surface area contributed by atoms with Crippen molar-refractivity contribution in [3.05, 3.63) is 134 Å². The molecule has 1 aliphatic heterocycles. The largest absolute Gasteiger partial charge is 0.251 e. The first-order valence-corrected chi connectivity index (χ1v) is 13.0. The monoisotopic (exact) mass is 474 g/mol. The van der Waals surface area contributed by atoms with E-state index < -0.39 is 0 Å². The Hall–Kier alpha value is -4.48. The third-order valence-corrected chi connectivity index (χ3v) is 8.18. The van der Waals surface area contributed by atoms with Gasteiger partial charge in [-0.15, -0.1) is 0 Å². The first kappa shape index (κ1) is 21.8. The molecule has 176 valence electrons. The van der Waals surface area contributed by atoms with Crippen molar-refractivity contribution >= 4 is 23.4 Å². The summed E-state index contributed by atoms with van der Waals surface area (Å²) in [6, 6.07) is 32.2. The Bertz CT molecular complexity index is 1920. The Balaban J connectivity index is 1.52. The molecule has 0 spiro atoms. The molecule has 2 heteroatoms. The predicted molar refractivity (Wildman–Crippen MR) is 150 cm³/mol. The van der Waals surface area contributed by atoms with Crippen LogP contribution in [0.15, 0.2) is 96.0 Å². The molecule has 4 aromatic carbocycles. The Morgan fingerprint density at radius 3 is 2.54 bits per heavy atom. The smallest absolute Gasteiger partial charge is 0.0991 e. The molecule has 1 atom stereocenters. The SMILES string of the molecule is CC12CC=c3ccccc3=C1N=c1c3c(ccc1=C2c1ccc(-c2cccc(C#N)c2)cc1)CCC=C3. The van der Waals surface area contributed by atoms with E-state index in [2.05, 4.69) is 98.0 Å². The number of aryl methyl sites for hydroxylation is 1. The third kappa shape index (κ3) is 3.35. The van der Waals surface area contributed by atoms with Gasteiger partial charge in [0.1, 0.15) is 0 Å². The fourth-order valence-electron chi connectivity index (χ4n) is 6.30. The third-order valence-electron chi connectivity index (χ3n) is 8.18. The second kappa shape index (κ2) is 8.29. The number of allylic oxidation sites excluding steroid dienone is 1. The molecule has 1 unspecified atom stereocenters. The van der Waals surface area contributed by atoms with Crippen LogP contribution in [0.1, 0.15) is 42.0 Å². The fourth-order valence-corrected chi connectivity index (χ4v) is 6.30. The van der Waals surface area contributed by atoms with Crippen molar-refractivity contribution in [3.8, 4) is 17.2 Å². The summed E-state index contributed by atoms with van der Waals surface area (Å²) in [4.78, 5) is 5.45. The van der Waals surface area contributed by atoms with Crippen LogP contribution in [0.2, 0.25) is 0 Å². The van der Waals surface area contributed by atoms with Crippen molar-refractivity contribution in [2.24, 2.45) is 10.4 Å². The number of hydrogen-bond donors (Lipinski definition) is 0. The van der Waals surface area contributed by atoms with Crippen LogP contribution in [0, 0.1) is 16.7 Å². The second-order valence-electron chi connectivity index (χ2n) is 10.4. The molecule has 2 nitrogen and oxygen atoms in total. The lowest BCUT2D eigenvalue weighted by molar-refractivity contribution is 0.589. The zero-order chi connectivity index (χ0) is 25.0.